The van der Waals surface area contributed by atoms with Crippen molar-refractivity contribution in [2.45, 2.75) is 110 Å². The molecule has 0 aliphatic rings. The number of rotatable bonds is 20. The highest BCUT2D eigenvalue weighted by atomic mass is 16.5. The summed E-state index contributed by atoms with van der Waals surface area (Å²) < 4.78 is 10.3. The van der Waals surface area contributed by atoms with Crippen LogP contribution in [0.1, 0.15) is 120 Å². The zero-order valence-corrected chi connectivity index (χ0v) is 20.0. The second-order valence-electron chi connectivity index (χ2n) is 8.66. The molecular formula is C26H45NO4. The van der Waals surface area contributed by atoms with Crippen molar-refractivity contribution in [3.8, 4) is 0 Å². The second-order valence-corrected chi connectivity index (χ2v) is 8.66. The first kappa shape index (κ1) is 27.3. The van der Waals surface area contributed by atoms with Gasteiger partial charge in [-0.25, -0.2) is 0 Å². The quantitative estimate of drug-likeness (QED) is 0.161. The fourth-order valence-electron chi connectivity index (χ4n) is 3.74. The average molecular weight is 436 g/mol. The lowest BCUT2D eigenvalue weighted by atomic mass is 10.0. The highest BCUT2D eigenvalue weighted by Gasteiger charge is 2.17. The van der Waals surface area contributed by atoms with Gasteiger partial charge < -0.3 is 14.1 Å². The van der Waals surface area contributed by atoms with E-state index < -0.39 is 0 Å². The van der Waals surface area contributed by atoms with Crippen LogP contribution in [0.5, 0.6) is 0 Å². The van der Waals surface area contributed by atoms with Crippen LogP contribution in [-0.4, -0.2) is 37.0 Å². The van der Waals surface area contributed by atoms with Crippen molar-refractivity contribution >= 4 is 11.9 Å². The molecule has 1 aromatic heterocycles. The van der Waals surface area contributed by atoms with Crippen LogP contribution < -0.4 is 0 Å². The predicted octanol–water partition coefficient (Wildman–Crippen LogP) is 7.16. The fraction of sp³-hybridized carbons (Fsp3) is 0.769. The summed E-state index contributed by atoms with van der Waals surface area (Å²) in [7, 11) is 1.57. The Hall–Kier alpha value is -1.78. The molecule has 0 N–H and O–H groups in total. The topological polar surface area (TPSA) is 59.8 Å². The SMILES string of the molecule is CCCCCCCCCCCCCCCCCCOC(=O)CN(C)C(=O)c1ccco1. The molecule has 0 saturated carbocycles. The van der Waals surface area contributed by atoms with Gasteiger partial charge in [-0.3, -0.25) is 9.59 Å². The number of ether oxygens (including phenoxy) is 1. The summed E-state index contributed by atoms with van der Waals surface area (Å²) in [6.45, 7) is 2.65. The number of esters is 1. The molecule has 1 heterocycles. The van der Waals surface area contributed by atoms with Crippen molar-refractivity contribution in [2.24, 2.45) is 0 Å². The van der Waals surface area contributed by atoms with E-state index in [0.29, 0.717) is 6.61 Å². The third-order valence-electron chi connectivity index (χ3n) is 5.71. The lowest BCUT2D eigenvalue weighted by molar-refractivity contribution is -0.144. The molecule has 0 spiro atoms. The Morgan fingerprint density at radius 1 is 0.806 bits per heavy atom. The Balaban J connectivity index is 1.82. The van der Waals surface area contributed by atoms with Gasteiger partial charge in [0, 0.05) is 7.05 Å². The second kappa shape index (κ2) is 18.9. The van der Waals surface area contributed by atoms with Crippen molar-refractivity contribution in [2.75, 3.05) is 20.2 Å². The number of furan rings is 1. The summed E-state index contributed by atoms with van der Waals surface area (Å²) in [4.78, 5) is 25.2. The van der Waals surface area contributed by atoms with Gasteiger partial charge >= 0.3 is 5.97 Å². The molecule has 0 fully saturated rings. The maximum atomic E-state index is 12.0. The van der Waals surface area contributed by atoms with Gasteiger partial charge in [0.15, 0.2) is 5.76 Å². The van der Waals surface area contributed by atoms with Crippen LogP contribution in [0, 0.1) is 0 Å². The Bertz CT molecular complexity index is 556. The first-order valence-corrected chi connectivity index (χ1v) is 12.6. The van der Waals surface area contributed by atoms with Gasteiger partial charge in [-0.15, -0.1) is 0 Å². The predicted molar refractivity (Wildman–Crippen MR) is 126 cm³/mol. The van der Waals surface area contributed by atoms with E-state index in [1.54, 1.807) is 19.2 Å². The number of hydrogen-bond acceptors (Lipinski definition) is 4. The van der Waals surface area contributed by atoms with Crippen molar-refractivity contribution < 1.29 is 18.7 Å². The largest absolute Gasteiger partial charge is 0.464 e. The molecule has 0 bridgehead atoms. The first-order valence-electron chi connectivity index (χ1n) is 12.6. The molecule has 5 heteroatoms. The first-order chi connectivity index (χ1) is 15.1. The van der Waals surface area contributed by atoms with Crippen LogP contribution in [0.4, 0.5) is 0 Å². The lowest BCUT2D eigenvalue weighted by Crippen LogP contribution is -2.32. The number of likely N-dealkylation sites (N-methyl/N-ethyl adjacent to an activating group) is 1. The summed E-state index contributed by atoms with van der Waals surface area (Å²) in [5.74, 6) is -0.458. The zero-order chi connectivity index (χ0) is 22.6. The van der Waals surface area contributed by atoms with E-state index >= 15 is 0 Å². The molecule has 0 aliphatic carbocycles. The van der Waals surface area contributed by atoms with Gasteiger partial charge in [-0.2, -0.15) is 0 Å². The Kier molecular flexibility index (Phi) is 16.7. The number of amides is 1. The van der Waals surface area contributed by atoms with Crippen LogP contribution in [0.25, 0.3) is 0 Å². The molecule has 0 saturated heterocycles. The summed E-state index contributed by atoms with van der Waals surface area (Å²) in [6.07, 6.45) is 22.6. The van der Waals surface area contributed by atoms with Crippen molar-refractivity contribution in [1.82, 2.24) is 4.90 Å². The monoisotopic (exact) mass is 435 g/mol. The van der Waals surface area contributed by atoms with Gasteiger partial charge in [-0.1, -0.05) is 103 Å². The minimum absolute atomic E-state index is 0.0572. The van der Waals surface area contributed by atoms with Crippen molar-refractivity contribution in [1.29, 1.82) is 0 Å². The van der Waals surface area contributed by atoms with Gasteiger partial charge in [0.05, 0.1) is 12.9 Å². The van der Waals surface area contributed by atoms with E-state index in [2.05, 4.69) is 6.92 Å². The molecule has 0 aliphatic heterocycles. The van der Waals surface area contributed by atoms with Gasteiger partial charge in [-0.05, 0) is 18.6 Å². The lowest BCUT2D eigenvalue weighted by Gasteiger charge is -2.14. The maximum absolute atomic E-state index is 12.0. The zero-order valence-electron chi connectivity index (χ0n) is 20.0. The normalized spacial score (nSPS) is 10.9. The molecule has 178 valence electrons. The van der Waals surface area contributed by atoms with E-state index in [1.807, 2.05) is 0 Å². The van der Waals surface area contributed by atoms with Crippen molar-refractivity contribution in [3.05, 3.63) is 24.2 Å². The maximum Gasteiger partial charge on any atom is 0.325 e. The molecule has 0 unspecified atom stereocenters. The Morgan fingerprint density at radius 3 is 1.74 bits per heavy atom. The number of carbonyl (C=O) groups excluding carboxylic acids is 2. The molecule has 1 aromatic rings. The average Bonchev–Trinajstić information content (AvgIpc) is 3.30. The molecule has 31 heavy (non-hydrogen) atoms. The minimum atomic E-state index is -0.372. The van der Waals surface area contributed by atoms with E-state index in [9.17, 15) is 9.59 Å². The highest BCUT2D eigenvalue weighted by molar-refractivity contribution is 5.93. The summed E-state index contributed by atoms with van der Waals surface area (Å²) in [6, 6.07) is 3.23. The highest BCUT2D eigenvalue weighted by Crippen LogP contribution is 2.13. The number of unbranched alkanes of at least 4 members (excludes halogenated alkanes) is 15. The Morgan fingerprint density at radius 2 is 1.29 bits per heavy atom. The van der Waals surface area contributed by atoms with Crippen LogP contribution in [0.15, 0.2) is 22.8 Å². The number of hydrogen-bond donors (Lipinski definition) is 0. The molecule has 1 rings (SSSR count). The van der Waals surface area contributed by atoms with Crippen LogP contribution in [-0.2, 0) is 9.53 Å². The molecule has 1 amide bonds. The molecule has 0 atom stereocenters. The Labute approximate surface area is 189 Å². The third-order valence-corrected chi connectivity index (χ3v) is 5.71. The summed E-state index contributed by atoms with van der Waals surface area (Å²) in [5, 5.41) is 0. The van der Waals surface area contributed by atoms with E-state index in [1.165, 1.54) is 101 Å². The molecule has 0 aromatic carbocycles. The standard InChI is InChI=1S/C26H45NO4/c1-3-4-5-6-7-8-9-10-11-12-13-14-15-16-17-18-21-31-25(28)23-27(2)26(29)24-20-19-22-30-24/h19-20,22H,3-18,21,23H2,1-2H3. The molecular weight excluding hydrogens is 390 g/mol. The fourth-order valence-corrected chi connectivity index (χ4v) is 3.74. The van der Waals surface area contributed by atoms with Crippen LogP contribution >= 0.6 is 0 Å². The van der Waals surface area contributed by atoms with Gasteiger partial charge in [0.1, 0.15) is 6.54 Å². The van der Waals surface area contributed by atoms with Crippen molar-refractivity contribution in [3.63, 3.8) is 0 Å². The van der Waals surface area contributed by atoms with Gasteiger partial charge in [0.25, 0.3) is 5.91 Å². The van der Waals surface area contributed by atoms with E-state index in [-0.39, 0.29) is 24.2 Å². The molecule has 5 nitrogen and oxygen atoms in total. The smallest absolute Gasteiger partial charge is 0.325 e. The minimum Gasteiger partial charge on any atom is -0.464 e. The van der Waals surface area contributed by atoms with Crippen LogP contribution in [0.3, 0.4) is 0 Å². The summed E-state index contributed by atoms with van der Waals surface area (Å²) >= 11 is 0. The number of nitrogens with zero attached hydrogens (tertiary/aromatic N) is 1. The van der Waals surface area contributed by atoms with E-state index in [4.69, 9.17) is 9.15 Å². The third kappa shape index (κ3) is 14.8. The van der Waals surface area contributed by atoms with Gasteiger partial charge in [0.2, 0.25) is 0 Å². The molecule has 0 radical (unpaired) electrons. The summed E-state index contributed by atoms with van der Waals surface area (Å²) in [5.41, 5.74) is 0. The van der Waals surface area contributed by atoms with E-state index in [0.717, 1.165) is 12.8 Å². The number of carbonyl (C=O) groups is 2. The van der Waals surface area contributed by atoms with Crippen LogP contribution in [0.2, 0.25) is 0 Å².